The lowest BCUT2D eigenvalue weighted by Gasteiger charge is -2.42. The van der Waals surface area contributed by atoms with Crippen molar-refractivity contribution in [1.29, 1.82) is 0 Å². The van der Waals surface area contributed by atoms with E-state index < -0.39 is 0 Å². The molecule has 112 valence electrons. The van der Waals surface area contributed by atoms with Crippen LogP contribution in [0.3, 0.4) is 0 Å². The summed E-state index contributed by atoms with van der Waals surface area (Å²) in [4.78, 5) is 2.63. The molecular formula is C18H30N2. The molecule has 1 saturated heterocycles. The average Bonchev–Trinajstić information content (AvgIpc) is 2.51. The number of hydrogen-bond donors (Lipinski definition) is 1. The summed E-state index contributed by atoms with van der Waals surface area (Å²) in [5.74, 6) is 0. The van der Waals surface area contributed by atoms with Crippen LogP contribution in [-0.4, -0.2) is 30.6 Å². The molecule has 0 bridgehead atoms. The van der Waals surface area contributed by atoms with Crippen molar-refractivity contribution in [2.24, 2.45) is 11.1 Å². The number of nitrogens with two attached hydrogens (primary N) is 1. The topological polar surface area (TPSA) is 29.3 Å². The summed E-state index contributed by atoms with van der Waals surface area (Å²) < 4.78 is 0. The molecule has 2 rings (SSSR count). The number of benzene rings is 1. The molecule has 0 aliphatic carbocycles. The molecule has 2 N–H and O–H groups in total. The Morgan fingerprint density at radius 3 is 2.40 bits per heavy atom. The van der Waals surface area contributed by atoms with Crippen LogP contribution < -0.4 is 5.73 Å². The predicted octanol–water partition coefficient (Wildman–Crippen LogP) is 3.46. The summed E-state index contributed by atoms with van der Waals surface area (Å²) in [6.45, 7) is 7.99. The van der Waals surface area contributed by atoms with E-state index in [-0.39, 0.29) is 0 Å². The number of aryl methyl sites for hydroxylation is 1. The summed E-state index contributed by atoms with van der Waals surface area (Å²) in [5, 5.41) is 0. The quantitative estimate of drug-likeness (QED) is 0.861. The van der Waals surface area contributed by atoms with Gasteiger partial charge in [-0.05, 0) is 49.8 Å². The molecule has 2 nitrogen and oxygen atoms in total. The smallest absolute Gasteiger partial charge is 0.0221 e. The van der Waals surface area contributed by atoms with Gasteiger partial charge >= 0.3 is 0 Å². The molecule has 0 radical (unpaired) electrons. The lowest BCUT2D eigenvalue weighted by Crippen LogP contribution is -2.47. The lowest BCUT2D eigenvalue weighted by molar-refractivity contribution is 0.0799. The van der Waals surface area contributed by atoms with Crippen molar-refractivity contribution >= 4 is 0 Å². The van der Waals surface area contributed by atoms with Gasteiger partial charge < -0.3 is 5.73 Å². The second-order valence-corrected chi connectivity index (χ2v) is 6.61. The summed E-state index contributed by atoms with van der Waals surface area (Å²) in [5.41, 5.74) is 8.02. The molecule has 20 heavy (non-hydrogen) atoms. The van der Waals surface area contributed by atoms with Gasteiger partial charge in [-0.1, -0.05) is 50.6 Å². The minimum Gasteiger partial charge on any atom is -0.329 e. The Labute approximate surface area is 124 Å². The minimum atomic E-state index is 0.552. The Balaban J connectivity index is 1.83. The number of piperidine rings is 1. The van der Waals surface area contributed by atoms with Crippen molar-refractivity contribution in [3.63, 3.8) is 0 Å². The van der Waals surface area contributed by atoms with E-state index in [1.165, 1.54) is 44.3 Å². The van der Waals surface area contributed by atoms with Crippen LogP contribution in [0.1, 0.15) is 45.1 Å². The van der Waals surface area contributed by atoms with Crippen LogP contribution in [0.5, 0.6) is 0 Å². The van der Waals surface area contributed by atoms with Crippen molar-refractivity contribution in [3.05, 3.63) is 35.9 Å². The molecule has 0 saturated carbocycles. The van der Waals surface area contributed by atoms with Crippen molar-refractivity contribution in [2.45, 2.75) is 52.0 Å². The third kappa shape index (κ3) is 4.07. The zero-order chi connectivity index (χ0) is 14.4. The van der Waals surface area contributed by atoms with Gasteiger partial charge in [-0.2, -0.15) is 0 Å². The molecule has 0 aromatic heterocycles. The molecule has 0 spiro atoms. The highest BCUT2D eigenvalue weighted by Crippen LogP contribution is 2.34. The third-order valence-electron chi connectivity index (χ3n) is 5.26. The maximum atomic E-state index is 6.03. The largest absolute Gasteiger partial charge is 0.329 e. The van der Waals surface area contributed by atoms with Gasteiger partial charge in [-0.25, -0.2) is 0 Å². The maximum Gasteiger partial charge on any atom is 0.0221 e. The zero-order valence-electron chi connectivity index (χ0n) is 13.1. The number of likely N-dealkylation sites (tertiary alicyclic amines) is 1. The van der Waals surface area contributed by atoms with E-state index in [0.29, 0.717) is 11.5 Å². The molecule has 1 aromatic rings. The first-order valence-electron chi connectivity index (χ1n) is 8.15. The van der Waals surface area contributed by atoms with E-state index in [2.05, 4.69) is 49.1 Å². The van der Waals surface area contributed by atoms with E-state index in [1.807, 2.05) is 0 Å². The summed E-state index contributed by atoms with van der Waals surface area (Å²) >= 11 is 0. The zero-order valence-corrected chi connectivity index (χ0v) is 13.1. The van der Waals surface area contributed by atoms with Gasteiger partial charge in [0.1, 0.15) is 0 Å². The van der Waals surface area contributed by atoms with Gasteiger partial charge in [0.2, 0.25) is 0 Å². The van der Waals surface area contributed by atoms with Crippen molar-refractivity contribution < 1.29 is 0 Å². The molecule has 1 aliphatic heterocycles. The molecule has 0 amide bonds. The molecule has 1 atom stereocenters. The van der Waals surface area contributed by atoms with Gasteiger partial charge in [-0.3, -0.25) is 4.90 Å². The van der Waals surface area contributed by atoms with E-state index in [0.717, 1.165) is 13.0 Å². The summed E-state index contributed by atoms with van der Waals surface area (Å²) in [6, 6.07) is 11.3. The van der Waals surface area contributed by atoms with Crippen LogP contribution >= 0.6 is 0 Å². The van der Waals surface area contributed by atoms with Crippen LogP contribution in [0.2, 0.25) is 0 Å². The van der Waals surface area contributed by atoms with Crippen LogP contribution in [-0.2, 0) is 6.42 Å². The van der Waals surface area contributed by atoms with Crippen LogP contribution in [0, 0.1) is 5.41 Å². The fourth-order valence-corrected chi connectivity index (χ4v) is 3.21. The Bertz CT molecular complexity index is 380. The summed E-state index contributed by atoms with van der Waals surface area (Å²) in [7, 11) is 0. The molecule has 1 aromatic carbocycles. The molecule has 1 aliphatic rings. The SMILES string of the molecule is CCC1(C)CCN(C(CN)CCc2ccccc2)CC1. The van der Waals surface area contributed by atoms with Crippen LogP contribution in [0.4, 0.5) is 0 Å². The predicted molar refractivity (Wildman–Crippen MR) is 86.8 cm³/mol. The van der Waals surface area contributed by atoms with Crippen molar-refractivity contribution in [1.82, 2.24) is 4.90 Å². The second kappa shape index (κ2) is 7.24. The molecule has 1 heterocycles. The fourth-order valence-electron chi connectivity index (χ4n) is 3.21. The minimum absolute atomic E-state index is 0.552. The van der Waals surface area contributed by atoms with Gasteiger partial charge in [0.25, 0.3) is 0 Å². The first-order valence-corrected chi connectivity index (χ1v) is 8.15. The number of rotatable bonds is 6. The maximum absolute atomic E-state index is 6.03. The van der Waals surface area contributed by atoms with Crippen LogP contribution in [0.25, 0.3) is 0 Å². The highest BCUT2D eigenvalue weighted by atomic mass is 15.2. The van der Waals surface area contributed by atoms with Gasteiger partial charge in [-0.15, -0.1) is 0 Å². The normalized spacial score (nSPS) is 20.8. The molecule has 2 heteroatoms. The molecule has 1 fully saturated rings. The highest BCUT2D eigenvalue weighted by molar-refractivity contribution is 5.14. The number of nitrogens with zero attached hydrogens (tertiary/aromatic N) is 1. The first-order chi connectivity index (χ1) is 9.67. The Kier molecular flexibility index (Phi) is 5.62. The first kappa shape index (κ1) is 15.5. The van der Waals surface area contributed by atoms with Gasteiger partial charge in [0, 0.05) is 12.6 Å². The fraction of sp³-hybridized carbons (Fsp3) is 0.667. The van der Waals surface area contributed by atoms with Gasteiger partial charge in [0.05, 0.1) is 0 Å². The average molecular weight is 274 g/mol. The Morgan fingerprint density at radius 2 is 1.85 bits per heavy atom. The number of hydrogen-bond acceptors (Lipinski definition) is 2. The second-order valence-electron chi connectivity index (χ2n) is 6.61. The van der Waals surface area contributed by atoms with E-state index in [1.54, 1.807) is 0 Å². The van der Waals surface area contributed by atoms with Gasteiger partial charge in [0.15, 0.2) is 0 Å². The third-order valence-corrected chi connectivity index (χ3v) is 5.26. The highest BCUT2D eigenvalue weighted by Gasteiger charge is 2.30. The standard InChI is InChI=1S/C18H30N2/c1-3-18(2)11-13-20(14-12-18)17(15-19)10-9-16-7-5-4-6-8-16/h4-8,17H,3,9-15,19H2,1-2H3. The van der Waals surface area contributed by atoms with Crippen LogP contribution in [0.15, 0.2) is 30.3 Å². The van der Waals surface area contributed by atoms with E-state index in [9.17, 15) is 0 Å². The Hall–Kier alpha value is -0.860. The monoisotopic (exact) mass is 274 g/mol. The van der Waals surface area contributed by atoms with E-state index in [4.69, 9.17) is 5.73 Å². The van der Waals surface area contributed by atoms with E-state index >= 15 is 0 Å². The lowest BCUT2D eigenvalue weighted by atomic mass is 9.78. The Morgan fingerprint density at radius 1 is 1.20 bits per heavy atom. The van der Waals surface area contributed by atoms with Crippen molar-refractivity contribution in [3.8, 4) is 0 Å². The summed E-state index contributed by atoms with van der Waals surface area (Å²) in [6.07, 6.45) is 6.28. The van der Waals surface area contributed by atoms with Crippen molar-refractivity contribution in [2.75, 3.05) is 19.6 Å². The molecule has 1 unspecified atom stereocenters. The molecular weight excluding hydrogens is 244 g/mol.